The van der Waals surface area contributed by atoms with Crippen LogP contribution in [-0.4, -0.2) is 16.7 Å². The minimum absolute atomic E-state index is 0.00148. The van der Waals surface area contributed by atoms with Gasteiger partial charge >= 0.3 is 0 Å². The van der Waals surface area contributed by atoms with Crippen LogP contribution in [0.3, 0.4) is 0 Å². The molecule has 3 nitrogen and oxygen atoms in total. The zero-order valence-electron chi connectivity index (χ0n) is 14.1. The molecule has 0 heterocycles. The van der Waals surface area contributed by atoms with E-state index in [1.165, 1.54) is 0 Å². The van der Waals surface area contributed by atoms with Crippen molar-refractivity contribution in [1.82, 2.24) is 0 Å². The molecule has 1 aromatic rings. The van der Waals surface area contributed by atoms with Gasteiger partial charge in [-0.3, -0.25) is 9.59 Å². The van der Waals surface area contributed by atoms with Gasteiger partial charge in [-0.05, 0) is 42.9 Å². The van der Waals surface area contributed by atoms with E-state index in [1.54, 1.807) is 24.3 Å². The largest absolute Gasteiger partial charge is 0.504 e. The lowest BCUT2D eigenvalue weighted by atomic mass is 9.67. The van der Waals surface area contributed by atoms with Crippen molar-refractivity contribution in [2.75, 3.05) is 0 Å². The standard InChI is InChI=1S/C20H24O3/c1-20(2,3)13-10-8-12(9-11-13)16-17(21)14-6-4-5-7-15(14)18(22)19(16)23/h4-7,12-13,23H,8-11H2,1-3H3. The second-order valence-corrected chi connectivity index (χ2v) is 7.88. The van der Waals surface area contributed by atoms with Gasteiger partial charge in [-0.15, -0.1) is 0 Å². The van der Waals surface area contributed by atoms with Crippen molar-refractivity contribution in [3.05, 3.63) is 46.7 Å². The average molecular weight is 312 g/mol. The molecule has 0 bridgehead atoms. The third-order valence-electron chi connectivity index (χ3n) is 5.49. The van der Waals surface area contributed by atoms with Crippen LogP contribution >= 0.6 is 0 Å². The highest BCUT2D eigenvalue weighted by Gasteiger charge is 2.39. The first-order valence-corrected chi connectivity index (χ1v) is 8.42. The molecule has 0 aliphatic heterocycles. The lowest BCUT2D eigenvalue weighted by Gasteiger charge is -2.38. The van der Waals surface area contributed by atoms with Gasteiger partial charge in [0.15, 0.2) is 11.5 Å². The molecule has 3 heteroatoms. The zero-order chi connectivity index (χ0) is 16.8. The quantitative estimate of drug-likeness (QED) is 0.815. The molecule has 0 amide bonds. The maximum atomic E-state index is 12.8. The van der Waals surface area contributed by atoms with Crippen LogP contribution in [0.5, 0.6) is 0 Å². The highest BCUT2D eigenvalue weighted by molar-refractivity contribution is 6.26. The topological polar surface area (TPSA) is 54.4 Å². The highest BCUT2D eigenvalue weighted by atomic mass is 16.3. The van der Waals surface area contributed by atoms with Crippen molar-refractivity contribution in [1.29, 1.82) is 0 Å². The Kier molecular flexibility index (Phi) is 3.91. The van der Waals surface area contributed by atoms with Gasteiger partial charge in [0.2, 0.25) is 5.78 Å². The van der Waals surface area contributed by atoms with Crippen LogP contribution in [0.25, 0.3) is 0 Å². The van der Waals surface area contributed by atoms with Gasteiger partial charge in [0.25, 0.3) is 0 Å². The zero-order valence-corrected chi connectivity index (χ0v) is 14.1. The third-order valence-corrected chi connectivity index (χ3v) is 5.49. The normalized spacial score (nSPS) is 25.5. The van der Waals surface area contributed by atoms with Crippen molar-refractivity contribution in [2.45, 2.75) is 46.5 Å². The number of ketones is 2. The molecule has 0 radical (unpaired) electrons. The summed E-state index contributed by atoms with van der Waals surface area (Å²) >= 11 is 0. The SMILES string of the molecule is CC(C)(C)C1CCC(C2=C(O)C(=O)c3ccccc3C2=O)CC1. The van der Waals surface area contributed by atoms with Crippen molar-refractivity contribution in [2.24, 2.45) is 17.3 Å². The maximum Gasteiger partial charge on any atom is 0.228 e. The lowest BCUT2D eigenvalue weighted by molar-refractivity contribution is 0.0903. The van der Waals surface area contributed by atoms with Crippen LogP contribution in [0, 0.1) is 17.3 Å². The van der Waals surface area contributed by atoms with Gasteiger partial charge in [0, 0.05) is 16.7 Å². The molecule has 0 spiro atoms. The van der Waals surface area contributed by atoms with E-state index < -0.39 is 5.78 Å². The smallest absolute Gasteiger partial charge is 0.228 e. The first kappa shape index (κ1) is 16.0. The number of benzene rings is 1. The monoisotopic (exact) mass is 312 g/mol. The van der Waals surface area contributed by atoms with E-state index in [1.807, 2.05) is 0 Å². The molecule has 1 saturated carbocycles. The van der Waals surface area contributed by atoms with Gasteiger partial charge in [-0.1, -0.05) is 45.0 Å². The van der Waals surface area contributed by atoms with Crippen LogP contribution in [0.2, 0.25) is 0 Å². The summed E-state index contributed by atoms with van der Waals surface area (Å²) in [6.07, 6.45) is 3.80. The minimum atomic E-state index is -0.409. The Morgan fingerprint density at radius 3 is 1.96 bits per heavy atom. The molecule has 1 aromatic carbocycles. The Morgan fingerprint density at radius 1 is 0.913 bits per heavy atom. The van der Waals surface area contributed by atoms with Crippen LogP contribution in [0.4, 0.5) is 0 Å². The fourth-order valence-corrected chi connectivity index (χ4v) is 4.01. The summed E-state index contributed by atoms with van der Waals surface area (Å²) in [5, 5.41) is 10.3. The number of fused-ring (bicyclic) bond motifs is 1. The van der Waals surface area contributed by atoms with E-state index in [0.29, 0.717) is 22.6 Å². The molecule has 1 N–H and O–H groups in total. The predicted octanol–water partition coefficient (Wildman–Crippen LogP) is 4.73. The fourth-order valence-electron chi connectivity index (χ4n) is 4.01. The molecule has 0 saturated heterocycles. The number of aliphatic hydroxyl groups excluding tert-OH is 1. The Morgan fingerprint density at radius 2 is 1.43 bits per heavy atom. The van der Waals surface area contributed by atoms with E-state index >= 15 is 0 Å². The third kappa shape index (κ3) is 2.73. The first-order chi connectivity index (χ1) is 10.8. The molecule has 1 fully saturated rings. The molecule has 2 aliphatic rings. The van der Waals surface area contributed by atoms with Crippen molar-refractivity contribution >= 4 is 11.6 Å². The Labute approximate surface area is 137 Å². The number of hydrogen-bond acceptors (Lipinski definition) is 3. The Bertz CT molecular complexity index is 683. The molecule has 3 rings (SSSR count). The summed E-state index contributed by atoms with van der Waals surface area (Å²) in [6, 6.07) is 6.78. The highest BCUT2D eigenvalue weighted by Crippen LogP contribution is 2.43. The molecule has 0 aromatic heterocycles. The van der Waals surface area contributed by atoms with Crippen LogP contribution in [-0.2, 0) is 0 Å². The van der Waals surface area contributed by atoms with Crippen molar-refractivity contribution in [3.8, 4) is 0 Å². The number of carbonyl (C=O) groups excluding carboxylic acids is 2. The molecule has 23 heavy (non-hydrogen) atoms. The number of aliphatic hydroxyl groups is 1. The summed E-state index contributed by atoms with van der Waals surface area (Å²) in [7, 11) is 0. The number of carbonyl (C=O) groups is 2. The van der Waals surface area contributed by atoms with Gasteiger partial charge < -0.3 is 5.11 Å². The van der Waals surface area contributed by atoms with Crippen molar-refractivity contribution in [3.63, 3.8) is 0 Å². The Hall–Kier alpha value is -1.90. The maximum absolute atomic E-state index is 12.8. The number of allylic oxidation sites excluding steroid dienone is 2. The Balaban J connectivity index is 1.88. The minimum Gasteiger partial charge on any atom is -0.504 e. The average Bonchev–Trinajstić information content (AvgIpc) is 2.53. The predicted molar refractivity (Wildman–Crippen MR) is 89.7 cm³/mol. The van der Waals surface area contributed by atoms with Gasteiger partial charge in [-0.25, -0.2) is 0 Å². The molecule has 2 aliphatic carbocycles. The fraction of sp³-hybridized carbons (Fsp3) is 0.500. The summed E-state index contributed by atoms with van der Waals surface area (Å²) < 4.78 is 0. The van der Waals surface area contributed by atoms with Gasteiger partial charge in [-0.2, -0.15) is 0 Å². The summed E-state index contributed by atoms with van der Waals surface area (Å²) in [4.78, 5) is 25.2. The molecule has 122 valence electrons. The summed E-state index contributed by atoms with van der Waals surface area (Å²) in [5.74, 6) is -0.278. The molecular formula is C20H24O3. The van der Waals surface area contributed by atoms with Gasteiger partial charge in [0.1, 0.15) is 0 Å². The van der Waals surface area contributed by atoms with E-state index in [2.05, 4.69) is 20.8 Å². The summed E-state index contributed by atoms with van der Waals surface area (Å²) in [5.41, 5.74) is 1.37. The van der Waals surface area contributed by atoms with Crippen LogP contribution < -0.4 is 0 Å². The van der Waals surface area contributed by atoms with E-state index in [4.69, 9.17) is 0 Å². The van der Waals surface area contributed by atoms with Crippen molar-refractivity contribution < 1.29 is 14.7 Å². The summed E-state index contributed by atoms with van der Waals surface area (Å²) in [6.45, 7) is 6.75. The van der Waals surface area contributed by atoms with E-state index in [0.717, 1.165) is 25.7 Å². The lowest BCUT2D eigenvalue weighted by Crippen LogP contribution is -2.31. The van der Waals surface area contributed by atoms with Crippen LogP contribution in [0.15, 0.2) is 35.6 Å². The second kappa shape index (κ2) is 5.63. The van der Waals surface area contributed by atoms with E-state index in [-0.39, 0.29) is 22.9 Å². The van der Waals surface area contributed by atoms with E-state index in [9.17, 15) is 14.7 Å². The number of rotatable bonds is 1. The molecule has 0 unspecified atom stereocenters. The van der Waals surface area contributed by atoms with Gasteiger partial charge in [0.05, 0.1) is 0 Å². The second-order valence-electron chi connectivity index (χ2n) is 7.88. The molecule has 0 atom stereocenters. The first-order valence-electron chi connectivity index (χ1n) is 8.42. The number of hydrogen-bond donors (Lipinski definition) is 1. The van der Waals surface area contributed by atoms with Crippen LogP contribution in [0.1, 0.15) is 67.2 Å². The molecular weight excluding hydrogens is 288 g/mol. The number of Topliss-reactive ketones (excluding diaryl/α,β-unsaturated/α-hetero) is 2.